The van der Waals surface area contributed by atoms with Crippen LogP contribution >= 0.6 is 0 Å². The van der Waals surface area contributed by atoms with Crippen LogP contribution in [-0.4, -0.2) is 21.1 Å². The fourth-order valence-corrected chi connectivity index (χ4v) is 2.09. The van der Waals surface area contributed by atoms with Crippen molar-refractivity contribution in [2.45, 2.75) is 12.8 Å². The van der Waals surface area contributed by atoms with E-state index in [0.717, 1.165) is 5.56 Å². The first-order chi connectivity index (χ1) is 12.4. The van der Waals surface area contributed by atoms with Crippen LogP contribution < -0.4 is 10.1 Å². The van der Waals surface area contributed by atoms with Crippen molar-refractivity contribution in [3.63, 3.8) is 0 Å². The van der Waals surface area contributed by atoms with Gasteiger partial charge in [-0.15, -0.1) is 5.10 Å². The summed E-state index contributed by atoms with van der Waals surface area (Å²) in [6.45, 7) is 0.321. The van der Waals surface area contributed by atoms with Crippen molar-refractivity contribution in [1.82, 2.24) is 15.2 Å². The van der Waals surface area contributed by atoms with Gasteiger partial charge in [0, 0.05) is 5.56 Å². The molecule has 0 atom stereocenters. The number of amides is 1. The molecule has 1 heterocycles. The van der Waals surface area contributed by atoms with Gasteiger partial charge in [0.25, 0.3) is 5.91 Å². The van der Waals surface area contributed by atoms with Crippen LogP contribution in [0.4, 0.5) is 19.1 Å². The third-order valence-electron chi connectivity index (χ3n) is 3.32. The summed E-state index contributed by atoms with van der Waals surface area (Å²) in [5.41, 5.74) is 1.16. The van der Waals surface area contributed by atoms with Crippen molar-refractivity contribution < 1.29 is 22.7 Å². The summed E-state index contributed by atoms with van der Waals surface area (Å²) < 4.78 is 43.0. The number of H-pyrrole nitrogens is 1. The van der Waals surface area contributed by atoms with Crippen molar-refractivity contribution in [3.8, 4) is 5.75 Å². The first-order valence-electron chi connectivity index (χ1n) is 7.49. The summed E-state index contributed by atoms with van der Waals surface area (Å²) in [7, 11) is 0. The average Bonchev–Trinajstić information content (AvgIpc) is 3.10. The lowest BCUT2D eigenvalue weighted by atomic mass is 10.2. The molecule has 0 bridgehead atoms. The fourth-order valence-electron chi connectivity index (χ4n) is 2.09. The monoisotopic (exact) mass is 362 g/mol. The number of benzene rings is 2. The zero-order valence-corrected chi connectivity index (χ0v) is 13.2. The van der Waals surface area contributed by atoms with Gasteiger partial charge in [0.05, 0.1) is 0 Å². The van der Waals surface area contributed by atoms with Crippen molar-refractivity contribution in [3.05, 3.63) is 71.5 Å². The molecule has 0 aliphatic rings. The molecule has 3 aromatic rings. The van der Waals surface area contributed by atoms with Crippen LogP contribution in [0.3, 0.4) is 0 Å². The number of hydrogen-bond acceptors (Lipinski definition) is 4. The van der Waals surface area contributed by atoms with Gasteiger partial charge >= 0.3 is 6.18 Å². The van der Waals surface area contributed by atoms with Crippen LogP contribution in [0.5, 0.6) is 5.75 Å². The molecule has 0 spiro atoms. The molecule has 0 saturated carbocycles. The van der Waals surface area contributed by atoms with Crippen LogP contribution in [-0.2, 0) is 12.8 Å². The van der Waals surface area contributed by atoms with Crippen LogP contribution in [0.2, 0.25) is 0 Å². The number of carbonyl (C=O) groups excluding carboxylic acids is 1. The number of alkyl halides is 3. The Labute approximate surface area is 146 Å². The maximum absolute atomic E-state index is 12.5. The number of carbonyl (C=O) groups is 1. The van der Waals surface area contributed by atoms with E-state index in [9.17, 15) is 18.0 Å². The molecule has 9 heteroatoms. The van der Waals surface area contributed by atoms with Gasteiger partial charge in [-0.25, -0.2) is 0 Å². The number of nitrogens with zero attached hydrogens (tertiary/aromatic N) is 2. The number of rotatable bonds is 5. The van der Waals surface area contributed by atoms with E-state index in [1.165, 1.54) is 12.1 Å². The molecule has 134 valence electrons. The smallest absolute Gasteiger partial charge is 0.451 e. The molecule has 0 saturated heterocycles. The van der Waals surface area contributed by atoms with Gasteiger partial charge in [0.2, 0.25) is 11.8 Å². The van der Waals surface area contributed by atoms with E-state index in [-0.39, 0.29) is 5.56 Å². The van der Waals surface area contributed by atoms with Gasteiger partial charge in [-0.3, -0.25) is 15.2 Å². The molecule has 1 aromatic heterocycles. The molecule has 0 aliphatic heterocycles. The molecule has 0 radical (unpaired) electrons. The van der Waals surface area contributed by atoms with E-state index < -0.39 is 23.9 Å². The third-order valence-corrected chi connectivity index (χ3v) is 3.32. The fraction of sp³-hybridized carbons (Fsp3) is 0.118. The number of aromatic amines is 1. The van der Waals surface area contributed by atoms with Crippen LogP contribution in [0.1, 0.15) is 21.7 Å². The van der Waals surface area contributed by atoms with Crippen molar-refractivity contribution >= 4 is 11.9 Å². The Kier molecular flexibility index (Phi) is 4.87. The summed E-state index contributed by atoms with van der Waals surface area (Å²) in [6.07, 6.45) is -4.67. The molecule has 2 N–H and O–H groups in total. The molecular weight excluding hydrogens is 349 g/mol. The Morgan fingerprint density at radius 3 is 2.58 bits per heavy atom. The molecule has 0 aliphatic carbocycles. The van der Waals surface area contributed by atoms with Crippen molar-refractivity contribution in [1.29, 1.82) is 0 Å². The summed E-state index contributed by atoms with van der Waals surface area (Å²) in [5.74, 6) is -1.94. The van der Waals surface area contributed by atoms with E-state index in [4.69, 9.17) is 4.74 Å². The highest BCUT2D eigenvalue weighted by Gasteiger charge is 2.35. The summed E-state index contributed by atoms with van der Waals surface area (Å²) in [6, 6.07) is 15.7. The van der Waals surface area contributed by atoms with Crippen LogP contribution in [0.15, 0.2) is 54.6 Å². The number of anilines is 1. The van der Waals surface area contributed by atoms with Crippen molar-refractivity contribution in [2.75, 3.05) is 5.32 Å². The highest BCUT2D eigenvalue weighted by molar-refractivity contribution is 6.03. The summed E-state index contributed by atoms with van der Waals surface area (Å²) >= 11 is 0. The number of ether oxygens (including phenoxy) is 1. The standard InChI is InChI=1S/C17H13F3N4O2/c18-17(19,20)15-22-16(24-23-15)21-14(25)12-7-4-8-13(9-12)26-10-11-5-2-1-3-6-11/h1-9H,10H2,(H2,21,22,23,24,25). The van der Waals surface area contributed by atoms with Gasteiger partial charge in [-0.1, -0.05) is 36.4 Å². The largest absolute Gasteiger partial charge is 0.489 e. The quantitative estimate of drug-likeness (QED) is 0.726. The average molecular weight is 362 g/mol. The highest BCUT2D eigenvalue weighted by Crippen LogP contribution is 2.26. The normalized spacial score (nSPS) is 11.2. The van der Waals surface area contributed by atoms with Crippen LogP contribution in [0, 0.1) is 0 Å². The molecule has 6 nitrogen and oxygen atoms in total. The van der Waals surface area contributed by atoms with E-state index in [1.807, 2.05) is 30.3 Å². The zero-order chi connectivity index (χ0) is 18.6. The Hall–Kier alpha value is -3.36. The second kappa shape index (κ2) is 7.26. The van der Waals surface area contributed by atoms with Gasteiger partial charge in [0.1, 0.15) is 12.4 Å². The maximum atomic E-state index is 12.5. The molecule has 3 rings (SSSR count). The minimum Gasteiger partial charge on any atom is -0.489 e. The Morgan fingerprint density at radius 2 is 1.88 bits per heavy atom. The molecule has 1 amide bonds. The Balaban J connectivity index is 1.65. The minimum absolute atomic E-state index is 0.203. The molecule has 0 fully saturated rings. The summed E-state index contributed by atoms with van der Waals surface area (Å²) in [4.78, 5) is 15.3. The number of nitrogens with one attached hydrogen (secondary N) is 2. The highest BCUT2D eigenvalue weighted by atomic mass is 19.4. The first kappa shape index (κ1) is 17.5. The topological polar surface area (TPSA) is 79.9 Å². The SMILES string of the molecule is O=C(Nc1n[nH]c(C(F)(F)F)n1)c1cccc(OCc2ccccc2)c1. The van der Waals surface area contributed by atoms with E-state index in [0.29, 0.717) is 12.4 Å². The second-order valence-electron chi connectivity index (χ2n) is 5.26. The molecule has 26 heavy (non-hydrogen) atoms. The predicted octanol–water partition coefficient (Wildman–Crippen LogP) is 3.65. The second-order valence-corrected chi connectivity index (χ2v) is 5.26. The lowest BCUT2D eigenvalue weighted by Gasteiger charge is -2.08. The Bertz CT molecular complexity index is 894. The van der Waals surface area contributed by atoms with Crippen LogP contribution in [0.25, 0.3) is 0 Å². The number of hydrogen-bond donors (Lipinski definition) is 2. The number of aromatic nitrogens is 3. The van der Waals surface area contributed by atoms with E-state index in [1.54, 1.807) is 17.2 Å². The maximum Gasteiger partial charge on any atom is 0.451 e. The zero-order valence-electron chi connectivity index (χ0n) is 13.2. The minimum atomic E-state index is -4.67. The summed E-state index contributed by atoms with van der Waals surface area (Å²) in [5, 5.41) is 7.26. The molecular formula is C17H13F3N4O2. The van der Waals surface area contributed by atoms with Gasteiger partial charge in [-0.2, -0.15) is 18.2 Å². The lowest BCUT2D eigenvalue weighted by Crippen LogP contribution is -2.13. The third kappa shape index (κ3) is 4.38. The van der Waals surface area contributed by atoms with Gasteiger partial charge < -0.3 is 4.74 Å². The molecule has 2 aromatic carbocycles. The van der Waals surface area contributed by atoms with Gasteiger partial charge in [0.15, 0.2) is 0 Å². The van der Waals surface area contributed by atoms with Gasteiger partial charge in [-0.05, 0) is 23.8 Å². The van der Waals surface area contributed by atoms with E-state index >= 15 is 0 Å². The van der Waals surface area contributed by atoms with E-state index in [2.05, 4.69) is 15.4 Å². The molecule has 0 unspecified atom stereocenters. The Morgan fingerprint density at radius 1 is 1.12 bits per heavy atom. The predicted molar refractivity (Wildman–Crippen MR) is 86.6 cm³/mol. The number of halogens is 3. The first-order valence-corrected chi connectivity index (χ1v) is 7.49. The lowest BCUT2D eigenvalue weighted by molar-refractivity contribution is -0.144. The van der Waals surface area contributed by atoms with Crippen molar-refractivity contribution in [2.24, 2.45) is 0 Å².